The first kappa shape index (κ1) is 33.3. The van der Waals surface area contributed by atoms with E-state index in [1.54, 1.807) is 6.07 Å². The fourth-order valence-electron chi connectivity index (χ4n) is 8.43. The fourth-order valence-corrected chi connectivity index (χ4v) is 8.43. The molecule has 0 saturated heterocycles. The largest absolute Gasteiger partial charge is 0.308 e. The molecule has 2 amide bonds. The number of benzene rings is 8. The predicted molar refractivity (Wildman–Crippen MR) is 230 cm³/mol. The molecule has 4 heteroatoms. The Morgan fingerprint density at radius 3 is 1.38 bits per heavy atom. The SMILES string of the molecule is Cc1ccccc1-c1ccc2c3ccc(-c4ccccc4C)cc3n(-c3cccc4c3C(=O)N(c3cc(-c5ccccc5)cc(-c5ccccc5)c3)C4=O)c2c1. The first-order valence-electron chi connectivity index (χ1n) is 18.9. The molecule has 10 rings (SSSR count). The van der Waals surface area contributed by atoms with Gasteiger partial charge in [0.2, 0.25) is 0 Å². The molecule has 0 unspecified atom stereocenters. The molecule has 0 atom stereocenters. The number of imide groups is 1. The van der Waals surface area contributed by atoms with Gasteiger partial charge in [-0.3, -0.25) is 9.59 Å². The number of aryl methyl sites for hydroxylation is 2. The summed E-state index contributed by atoms with van der Waals surface area (Å²) in [4.78, 5) is 31.0. The quantitative estimate of drug-likeness (QED) is 0.161. The summed E-state index contributed by atoms with van der Waals surface area (Å²) in [6.07, 6.45) is 0. The second-order valence-electron chi connectivity index (χ2n) is 14.6. The van der Waals surface area contributed by atoms with Gasteiger partial charge in [0, 0.05) is 10.8 Å². The molecule has 0 fully saturated rings. The maximum absolute atomic E-state index is 15.0. The van der Waals surface area contributed by atoms with Gasteiger partial charge in [0.05, 0.1) is 33.5 Å². The number of amides is 2. The van der Waals surface area contributed by atoms with Crippen LogP contribution in [0.3, 0.4) is 0 Å². The number of hydrogen-bond donors (Lipinski definition) is 0. The Morgan fingerprint density at radius 1 is 0.375 bits per heavy atom. The van der Waals surface area contributed by atoms with Crippen molar-refractivity contribution in [3.05, 3.63) is 204 Å². The number of nitrogens with zero attached hydrogens (tertiary/aromatic N) is 2. The predicted octanol–water partition coefficient (Wildman–Crippen LogP) is 12.9. The van der Waals surface area contributed by atoms with Crippen LogP contribution in [0.5, 0.6) is 0 Å². The van der Waals surface area contributed by atoms with Gasteiger partial charge in [0.15, 0.2) is 0 Å². The van der Waals surface area contributed by atoms with E-state index in [1.165, 1.54) is 16.0 Å². The van der Waals surface area contributed by atoms with Gasteiger partial charge in [0.25, 0.3) is 11.8 Å². The minimum absolute atomic E-state index is 0.335. The van der Waals surface area contributed by atoms with Crippen LogP contribution in [0.4, 0.5) is 5.69 Å². The highest BCUT2D eigenvalue weighted by Gasteiger charge is 2.39. The van der Waals surface area contributed by atoms with Crippen LogP contribution in [0.1, 0.15) is 31.8 Å². The normalized spacial score (nSPS) is 12.5. The Balaban J connectivity index is 1.20. The van der Waals surface area contributed by atoms with Gasteiger partial charge in [-0.05, 0) is 112 Å². The number of fused-ring (bicyclic) bond motifs is 4. The second-order valence-corrected chi connectivity index (χ2v) is 14.6. The molecule has 0 radical (unpaired) electrons. The average molecular weight is 721 g/mol. The highest BCUT2D eigenvalue weighted by atomic mass is 16.2. The van der Waals surface area contributed by atoms with E-state index in [1.807, 2.05) is 84.9 Å². The lowest BCUT2D eigenvalue weighted by Gasteiger charge is -2.18. The van der Waals surface area contributed by atoms with Crippen molar-refractivity contribution in [2.45, 2.75) is 13.8 Å². The molecule has 0 bridgehead atoms. The van der Waals surface area contributed by atoms with Crippen molar-refractivity contribution < 1.29 is 9.59 Å². The third kappa shape index (κ3) is 5.38. The highest BCUT2D eigenvalue weighted by Crippen LogP contribution is 2.42. The topological polar surface area (TPSA) is 42.3 Å². The van der Waals surface area contributed by atoms with Crippen LogP contribution in [0, 0.1) is 13.8 Å². The van der Waals surface area contributed by atoms with E-state index in [9.17, 15) is 4.79 Å². The maximum atomic E-state index is 15.0. The summed E-state index contributed by atoms with van der Waals surface area (Å²) in [6.45, 7) is 4.25. The van der Waals surface area contributed by atoms with E-state index < -0.39 is 0 Å². The van der Waals surface area contributed by atoms with Crippen LogP contribution in [-0.2, 0) is 0 Å². The summed E-state index contributed by atoms with van der Waals surface area (Å²) in [5, 5.41) is 2.14. The van der Waals surface area contributed by atoms with Crippen molar-refractivity contribution in [1.29, 1.82) is 0 Å². The molecule has 0 N–H and O–H groups in total. The Bertz CT molecular complexity index is 2870. The first-order chi connectivity index (χ1) is 27.4. The van der Waals surface area contributed by atoms with Gasteiger partial charge in [0.1, 0.15) is 0 Å². The van der Waals surface area contributed by atoms with Crippen molar-refractivity contribution >= 4 is 39.3 Å². The van der Waals surface area contributed by atoms with Crippen LogP contribution in [0.15, 0.2) is 182 Å². The molecule has 2 heterocycles. The summed E-state index contributed by atoms with van der Waals surface area (Å²) in [6, 6.07) is 61.8. The van der Waals surface area contributed by atoms with Crippen molar-refractivity contribution in [3.8, 4) is 50.2 Å². The fraction of sp³-hybridized carbons (Fsp3) is 0.0385. The summed E-state index contributed by atoms with van der Waals surface area (Å²) < 4.78 is 2.19. The number of carbonyl (C=O) groups excluding carboxylic acids is 2. The summed E-state index contributed by atoms with van der Waals surface area (Å²) >= 11 is 0. The maximum Gasteiger partial charge on any atom is 0.268 e. The molecule has 1 aliphatic heterocycles. The van der Waals surface area contributed by atoms with Gasteiger partial charge in [-0.25, -0.2) is 4.90 Å². The third-order valence-corrected chi connectivity index (χ3v) is 11.2. The van der Waals surface area contributed by atoms with Crippen LogP contribution < -0.4 is 4.90 Å². The zero-order valence-corrected chi connectivity index (χ0v) is 31.0. The highest BCUT2D eigenvalue weighted by molar-refractivity contribution is 6.36. The second kappa shape index (κ2) is 13.2. The molecule has 1 aliphatic rings. The lowest BCUT2D eigenvalue weighted by atomic mass is 9.97. The molecule has 0 aliphatic carbocycles. The van der Waals surface area contributed by atoms with E-state index in [4.69, 9.17) is 0 Å². The third-order valence-electron chi connectivity index (χ3n) is 11.2. The molecule has 8 aromatic carbocycles. The smallest absolute Gasteiger partial charge is 0.268 e. The van der Waals surface area contributed by atoms with E-state index in [-0.39, 0.29) is 11.8 Å². The van der Waals surface area contributed by atoms with Gasteiger partial charge in [-0.15, -0.1) is 0 Å². The lowest BCUT2D eigenvalue weighted by molar-refractivity contribution is 0.0926. The molecular weight excluding hydrogens is 685 g/mol. The Labute approximate surface area is 325 Å². The number of anilines is 1. The molecule has 1 aromatic heterocycles. The molecule has 9 aromatic rings. The molecular formula is C52H36N2O2. The summed E-state index contributed by atoms with van der Waals surface area (Å²) in [5.74, 6) is -0.678. The zero-order valence-electron chi connectivity index (χ0n) is 31.0. The van der Waals surface area contributed by atoms with Crippen LogP contribution in [0.25, 0.3) is 72.0 Å². The molecule has 0 spiro atoms. The Kier molecular flexibility index (Phi) is 7.86. The van der Waals surface area contributed by atoms with Crippen molar-refractivity contribution in [2.75, 3.05) is 4.90 Å². The monoisotopic (exact) mass is 720 g/mol. The minimum Gasteiger partial charge on any atom is -0.308 e. The number of rotatable bonds is 6. The number of carbonyl (C=O) groups is 2. The van der Waals surface area contributed by atoms with Gasteiger partial charge in [-0.2, -0.15) is 0 Å². The van der Waals surface area contributed by atoms with E-state index in [0.717, 1.165) is 66.3 Å². The van der Waals surface area contributed by atoms with E-state index in [2.05, 4.69) is 109 Å². The number of aromatic nitrogens is 1. The molecule has 0 saturated carbocycles. The minimum atomic E-state index is -0.343. The average Bonchev–Trinajstić information content (AvgIpc) is 3.70. The van der Waals surface area contributed by atoms with Crippen LogP contribution >= 0.6 is 0 Å². The van der Waals surface area contributed by atoms with Crippen LogP contribution in [0.2, 0.25) is 0 Å². The molecule has 4 nitrogen and oxygen atoms in total. The van der Waals surface area contributed by atoms with Crippen molar-refractivity contribution in [2.24, 2.45) is 0 Å². The lowest BCUT2D eigenvalue weighted by Crippen LogP contribution is -2.29. The van der Waals surface area contributed by atoms with Gasteiger partial charge < -0.3 is 4.57 Å². The van der Waals surface area contributed by atoms with E-state index in [0.29, 0.717) is 22.5 Å². The molecule has 266 valence electrons. The van der Waals surface area contributed by atoms with Crippen molar-refractivity contribution in [1.82, 2.24) is 4.57 Å². The Hall–Kier alpha value is -7.30. The van der Waals surface area contributed by atoms with E-state index >= 15 is 4.79 Å². The number of hydrogen-bond acceptors (Lipinski definition) is 2. The van der Waals surface area contributed by atoms with Gasteiger partial charge in [-0.1, -0.05) is 140 Å². The standard InChI is InChI=1S/C52H36N2O2/c1-33-14-9-11-20-42(33)37-24-26-44-45-27-25-38(43-21-12-10-15-34(43)2)32-49(45)54(48(44)31-37)47-23-13-22-46-50(47)52(56)53(51(46)55)41-29-39(35-16-5-3-6-17-35)28-40(30-41)36-18-7-4-8-19-36/h3-32H,1-2H3. The van der Waals surface area contributed by atoms with Gasteiger partial charge >= 0.3 is 0 Å². The first-order valence-corrected chi connectivity index (χ1v) is 18.9. The summed E-state index contributed by atoms with van der Waals surface area (Å²) in [5.41, 5.74) is 14.6. The van der Waals surface area contributed by atoms with Crippen molar-refractivity contribution in [3.63, 3.8) is 0 Å². The zero-order chi connectivity index (χ0) is 37.9. The molecule has 56 heavy (non-hydrogen) atoms. The van der Waals surface area contributed by atoms with Crippen LogP contribution in [-0.4, -0.2) is 16.4 Å². The summed E-state index contributed by atoms with van der Waals surface area (Å²) in [7, 11) is 0. The Morgan fingerprint density at radius 2 is 0.857 bits per heavy atom.